The molecule has 3 heteroatoms. The monoisotopic (exact) mass is 275 g/mol. The molecule has 0 aliphatic carbocycles. The number of carbonyl (C=O) groups is 1. The first kappa shape index (κ1) is 15.0. The predicted molar refractivity (Wildman–Crippen MR) is 80.5 cm³/mol. The second-order valence-electron chi connectivity index (χ2n) is 5.57. The molecule has 0 N–H and O–H groups in total. The van der Waals surface area contributed by atoms with E-state index in [9.17, 15) is 4.79 Å². The fraction of sp³-hybridized carbons (Fsp3) is 0.588. The molecular formula is C17H25NO2. The van der Waals surface area contributed by atoms with Crippen LogP contribution in [0.3, 0.4) is 0 Å². The van der Waals surface area contributed by atoms with Gasteiger partial charge in [-0.2, -0.15) is 0 Å². The fourth-order valence-electron chi connectivity index (χ4n) is 2.65. The summed E-state index contributed by atoms with van der Waals surface area (Å²) in [6, 6.07) is 9.77. The minimum absolute atomic E-state index is 0.0153. The van der Waals surface area contributed by atoms with Gasteiger partial charge in [0.25, 0.3) is 0 Å². The van der Waals surface area contributed by atoms with Crippen LogP contribution in [0.4, 0.5) is 0 Å². The molecule has 0 aromatic heterocycles. The molecule has 2 rings (SSSR count). The van der Waals surface area contributed by atoms with Gasteiger partial charge in [-0.25, -0.2) is 4.79 Å². The largest absolute Gasteiger partial charge is 0.461 e. The number of nitrogens with zero attached hydrogens (tertiary/aromatic N) is 1. The Kier molecular flexibility index (Phi) is 5.60. The zero-order valence-corrected chi connectivity index (χ0v) is 12.5. The third-order valence-corrected chi connectivity index (χ3v) is 3.99. The van der Waals surface area contributed by atoms with Crippen molar-refractivity contribution >= 4 is 5.97 Å². The first-order chi connectivity index (χ1) is 9.72. The molecule has 1 aliphatic rings. The molecule has 1 aliphatic heterocycles. The topological polar surface area (TPSA) is 29.5 Å². The summed E-state index contributed by atoms with van der Waals surface area (Å²) in [6.07, 6.45) is 4.43. The van der Waals surface area contributed by atoms with E-state index in [4.69, 9.17) is 4.74 Å². The van der Waals surface area contributed by atoms with Crippen LogP contribution in [0, 0.1) is 0 Å². The van der Waals surface area contributed by atoms with E-state index in [-0.39, 0.29) is 18.1 Å². The lowest BCUT2D eigenvalue weighted by atomic mass is 10.0. The third-order valence-electron chi connectivity index (χ3n) is 3.99. The molecule has 1 fully saturated rings. The Balaban J connectivity index is 2.17. The molecule has 1 saturated heterocycles. The number of ether oxygens (including phenoxy) is 1. The lowest BCUT2D eigenvalue weighted by Gasteiger charge is -2.33. The van der Waals surface area contributed by atoms with E-state index in [1.165, 1.54) is 19.3 Å². The standard InChI is InChI=1S/C17H25NO2/c1-3-14(2)20-17(19)16(15-10-6-4-7-11-15)18-12-8-5-9-13-18/h4,6-7,10-11,14,16H,3,5,8-9,12-13H2,1-2H3/t14-,16-/m1/s1. The van der Waals surface area contributed by atoms with Crippen molar-refractivity contribution in [1.82, 2.24) is 4.90 Å². The molecular weight excluding hydrogens is 250 g/mol. The van der Waals surface area contributed by atoms with Gasteiger partial charge in [-0.1, -0.05) is 43.7 Å². The summed E-state index contributed by atoms with van der Waals surface area (Å²) in [5.41, 5.74) is 1.04. The van der Waals surface area contributed by atoms with Gasteiger partial charge in [0, 0.05) is 0 Å². The molecule has 0 unspecified atom stereocenters. The second-order valence-corrected chi connectivity index (χ2v) is 5.57. The van der Waals surface area contributed by atoms with Gasteiger partial charge in [-0.05, 0) is 44.8 Å². The summed E-state index contributed by atoms with van der Waals surface area (Å²) < 4.78 is 5.59. The van der Waals surface area contributed by atoms with Crippen LogP contribution in [0.1, 0.15) is 51.1 Å². The summed E-state index contributed by atoms with van der Waals surface area (Å²) in [5.74, 6) is -0.104. The summed E-state index contributed by atoms with van der Waals surface area (Å²) >= 11 is 0. The van der Waals surface area contributed by atoms with Crippen molar-refractivity contribution in [1.29, 1.82) is 0 Å². The first-order valence-electron chi connectivity index (χ1n) is 7.72. The van der Waals surface area contributed by atoms with Gasteiger partial charge in [0.1, 0.15) is 6.04 Å². The number of hydrogen-bond donors (Lipinski definition) is 0. The predicted octanol–water partition coefficient (Wildman–Crippen LogP) is 3.56. The van der Waals surface area contributed by atoms with Gasteiger partial charge in [-0.3, -0.25) is 4.90 Å². The van der Waals surface area contributed by atoms with Crippen molar-refractivity contribution < 1.29 is 9.53 Å². The average molecular weight is 275 g/mol. The van der Waals surface area contributed by atoms with Gasteiger partial charge in [0.2, 0.25) is 0 Å². The van der Waals surface area contributed by atoms with Gasteiger partial charge in [0.15, 0.2) is 0 Å². The number of benzene rings is 1. The maximum Gasteiger partial charge on any atom is 0.328 e. The van der Waals surface area contributed by atoms with E-state index in [0.29, 0.717) is 0 Å². The SMILES string of the molecule is CC[C@@H](C)OC(=O)[C@@H](c1ccccc1)N1CCCCC1. The Morgan fingerprint density at radius 1 is 1.20 bits per heavy atom. The molecule has 0 saturated carbocycles. The Morgan fingerprint density at radius 3 is 2.45 bits per heavy atom. The average Bonchev–Trinajstić information content (AvgIpc) is 2.49. The lowest BCUT2D eigenvalue weighted by Crippen LogP contribution is -2.39. The van der Waals surface area contributed by atoms with E-state index in [1.807, 2.05) is 44.2 Å². The molecule has 1 aromatic rings. The van der Waals surface area contributed by atoms with Crippen LogP contribution in [0.2, 0.25) is 0 Å². The quantitative estimate of drug-likeness (QED) is 0.770. The van der Waals surface area contributed by atoms with Gasteiger partial charge >= 0.3 is 5.97 Å². The molecule has 1 heterocycles. The number of piperidine rings is 1. The van der Waals surface area contributed by atoms with E-state index in [0.717, 1.165) is 25.1 Å². The highest BCUT2D eigenvalue weighted by atomic mass is 16.5. The molecule has 0 radical (unpaired) electrons. The smallest absolute Gasteiger partial charge is 0.328 e. The summed E-state index contributed by atoms with van der Waals surface area (Å²) in [6.45, 7) is 5.96. The van der Waals surface area contributed by atoms with Crippen LogP contribution in [-0.4, -0.2) is 30.1 Å². The van der Waals surface area contributed by atoms with E-state index in [2.05, 4.69) is 4.90 Å². The summed E-state index contributed by atoms with van der Waals surface area (Å²) in [7, 11) is 0. The molecule has 1 aromatic carbocycles. The normalized spacial score (nSPS) is 19.3. The zero-order valence-electron chi connectivity index (χ0n) is 12.5. The number of carbonyl (C=O) groups excluding carboxylic acids is 1. The Labute approximate surface area is 121 Å². The van der Waals surface area contributed by atoms with Crippen molar-refractivity contribution in [3.8, 4) is 0 Å². The zero-order chi connectivity index (χ0) is 14.4. The first-order valence-corrected chi connectivity index (χ1v) is 7.72. The Bertz CT molecular complexity index is 412. The highest BCUT2D eigenvalue weighted by molar-refractivity contribution is 5.77. The molecule has 0 amide bonds. The highest BCUT2D eigenvalue weighted by Gasteiger charge is 2.30. The maximum absolute atomic E-state index is 12.5. The fourth-order valence-corrected chi connectivity index (χ4v) is 2.65. The Hall–Kier alpha value is -1.35. The van der Waals surface area contributed by atoms with Crippen molar-refractivity contribution in [3.05, 3.63) is 35.9 Å². The molecule has 110 valence electrons. The number of hydrogen-bond acceptors (Lipinski definition) is 3. The lowest BCUT2D eigenvalue weighted by molar-refractivity contribution is -0.155. The van der Waals surface area contributed by atoms with Gasteiger partial charge in [-0.15, -0.1) is 0 Å². The van der Waals surface area contributed by atoms with Crippen LogP contribution < -0.4 is 0 Å². The molecule has 2 atom stereocenters. The highest BCUT2D eigenvalue weighted by Crippen LogP contribution is 2.26. The van der Waals surface area contributed by atoms with Crippen molar-refractivity contribution in [2.45, 2.75) is 51.7 Å². The number of likely N-dealkylation sites (tertiary alicyclic amines) is 1. The third kappa shape index (κ3) is 3.83. The van der Waals surface area contributed by atoms with Crippen LogP contribution in [0.5, 0.6) is 0 Å². The van der Waals surface area contributed by atoms with E-state index >= 15 is 0 Å². The maximum atomic E-state index is 12.5. The van der Waals surface area contributed by atoms with E-state index in [1.54, 1.807) is 0 Å². The van der Waals surface area contributed by atoms with Crippen molar-refractivity contribution in [3.63, 3.8) is 0 Å². The second kappa shape index (κ2) is 7.44. The van der Waals surface area contributed by atoms with E-state index < -0.39 is 0 Å². The number of rotatable bonds is 5. The van der Waals surface area contributed by atoms with Crippen molar-refractivity contribution in [2.24, 2.45) is 0 Å². The van der Waals surface area contributed by atoms with Crippen LogP contribution in [0.25, 0.3) is 0 Å². The van der Waals surface area contributed by atoms with Crippen LogP contribution >= 0.6 is 0 Å². The summed E-state index contributed by atoms with van der Waals surface area (Å²) in [4.78, 5) is 14.8. The van der Waals surface area contributed by atoms with Crippen LogP contribution in [0.15, 0.2) is 30.3 Å². The molecule has 0 spiro atoms. The summed E-state index contributed by atoms with van der Waals surface area (Å²) in [5, 5.41) is 0. The minimum Gasteiger partial charge on any atom is -0.461 e. The van der Waals surface area contributed by atoms with Gasteiger partial charge in [0.05, 0.1) is 6.10 Å². The number of esters is 1. The molecule has 3 nitrogen and oxygen atoms in total. The minimum atomic E-state index is -0.245. The van der Waals surface area contributed by atoms with Gasteiger partial charge < -0.3 is 4.74 Å². The van der Waals surface area contributed by atoms with Crippen LogP contribution in [-0.2, 0) is 9.53 Å². The molecule has 0 bridgehead atoms. The van der Waals surface area contributed by atoms with Crippen molar-refractivity contribution in [2.75, 3.05) is 13.1 Å². The Morgan fingerprint density at radius 2 is 1.85 bits per heavy atom. The molecule has 20 heavy (non-hydrogen) atoms.